The van der Waals surface area contributed by atoms with Gasteiger partial charge in [-0.3, -0.25) is 4.98 Å². The molecule has 1 aromatic carbocycles. The first-order valence-electron chi connectivity index (χ1n) is 5.45. The van der Waals surface area contributed by atoms with E-state index >= 15 is 0 Å². The highest BCUT2D eigenvalue weighted by Crippen LogP contribution is 2.25. The minimum absolute atomic E-state index is 0.196. The zero-order chi connectivity index (χ0) is 12.1. The van der Waals surface area contributed by atoms with E-state index in [2.05, 4.69) is 4.98 Å². The van der Waals surface area contributed by atoms with E-state index in [1.807, 2.05) is 18.2 Å². The minimum Gasteiger partial charge on any atom is -0.506 e. The number of aromatic hydroxyl groups is 1. The molecule has 0 saturated heterocycles. The number of phenols is 1. The first kappa shape index (κ1) is 11.8. The lowest BCUT2D eigenvalue weighted by atomic mass is 10.1. The Morgan fingerprint density at radius 2 is 2.12 bits per heavy atom. The van der Waals surface area contributed by atoms with Crippen molar-refractivity contribution in [3.05, 3.63) is 36.0 Å². The molecule has 0 aliphatic heterocycles. The molecular weight excluding hydrogens is 218 g/mol. The molecule has 0 radical (unpaired) electrons. The zero-order valence-corrected chi connectivity index (χ0v) is 9.72. The van der Waals surface area contributed by atoms with Crippen molar-refractivity contribution in [2.24, 2.45) is 0 Å². The fourth-order valence-electron chi connectivity index (χ4n) is 1.67. The van der Waals surface area contributed by atoms with Gasteiger partial charge in [-0.1, -0.05) is 12.1 Å². The summed E-state index contributed by atoms with van der Waals surface area (Å²) in [6.07, 6.45) is 1.66. The van der Waals surface area contributed by atoms with Gasteiger partial charge in [-0.25, -0.2) is 0 Å². The van der Waals surface area contributed by atoms with Crippen molar-refractivity contribution >= 4 is 10.9 Å². The molecular formula is C13H15NO3. The van der Waals surface area contributed by atoms with Gasteiger partial charge in [0.15, 0.2) is 0 Å². The average molecular weight is 233 g/mol. The van der Waals surface area contributed by atoms with Crippen LogP contribution in [0.2, 0.25) is 0 Å². The Morgan fingerprint density at radius 1 is 1.24 bits per heavy atom. The largest absolute Gasteiger partial charge is 0.506 e. The Bertz CT molecular complexity index is 499. The Balaban J connectivity index is 2.20. The van der Waals surface area contributed by atoms with Crippen molar-refractivity contribution in [1.82, 2.24) is 4.98 Å². The van der Waals surface area contributed by atoms with E-state index in [-0.39, 0.29) is 5.75 Å². The highest BCUT2D eigenvalue weighted by molar-refractivity contribution is 5.86. The van der Waals surface area contributed by atoms with Crippen molar-refractivity contribution in [2.45, 2.75) is 6.61 Å². The second-order valence-corrected chi connectivity index (χ2v) is 3.69. The fraction of sp³-hybridized carbons (Fsp3) is 0.308. The number of phenolic OH excluding ortho intramolecular Hbond substituents is 1. The Morgan fingerprint density at radius 3 is 2.94 bits per heavy atom. The molecule has 0 spiro atoms. The number of hydrogen-bond acceptors (Lipinski definition) is 4. The molecule has 0 amide bonds. The summed E-state index contributed by atoms with van der Waals surface area (Å²) in [4.78, 5) is 4.16. The van der Waals surface area contributed by atoms with Crippen molar-refractivity contribution in [1.29, 1.82) is 0 Å². The third kappa shape index (κ3) is 2.72. The number of fused-ring (bicyclic) bond motifs is 1. The van der Waals surface area contributed by atoms with Crippen LogP contribution >= 0.6 is 0 Å². The SMILES string of the molecule is COCCOCc1ccc(O)c2ncccc12. The van der Waals surface area contributed by atoms with Gasteiger partial charge in [-0.15, -0.1) is 0 Å². The van der Waals surface area contributed by atoms with Crippen LogP contribution in [0.4, 0.5) is 0 Å². The highest BCUT2D eigenvalue weighted by atomic mass is 16.5. The molecule has 0 atom stereocenters. The number of ether oxygens (including phenoxy) is 2. The van der Waals surface area contributed by atoms with Crippen molar-refractivity contribution in [3.8, 4) is 5.75 Å². The number of pyridine rings is 1. The minimum atomic E-state index is 0.196. The van der Waals surface area contributed by atoms with E-state index in [4.69, 9.17) is 9.47 Å². The predicted octanol–water partition coefficient (Wildman–Crippen LogP) is 2.10. The van der Waals surface area contributed by atoms with E-state index in [1.54, 1.807) is 19.4 Å². The molecule has 0 aliphatic rings. The van der Waals surface area contributed by atoms with Crippen LogP contribution in [0.3, 0.4) is 0 Å². The van der Waals surface area contributed by atoms with Gasteiger partial charge in [0, 0.05) is 18.7 Å². The van der Waals surface area contributed by atoms with Crippen molar-refractivity contribution < 1.29 is 14.6 Å². The standard InChI is InChI=1S/C13H15NO3/c1-16-7-8-17-9-10-4-5-12(15)13-11(10)3-2-6-14-13/h2-6,15H,7-9H2,1H3. The molecule has 1 N–H and O–H groups in total. The summed E-state index contributed by atoms with van der Waals surface area (Å²) < 4.78 is 10.4. The van der Waals surface area contributed by atoms with Gasteiger partial charge in [0.05, 0.1) is 19.8 Å². The third-order valence-electron chi connectivity index (χ3n) is 2.53. The van der Waals surface area contributed by atoms with Crippen LogP contribution in [0, 0.1) is 0 Å². The van der Waals surface area contributed by atoms with E-state index in [9.17, 15) is 5.11 Å². The van der Waals surface area contributed by atoms with Gasteiger partial charge >= 0.3 is 0 Å². The quantitative estimate of drug-likeness (QED) is 0.803. The number of aromatic nitrogens is 1. The van der Waals surface area contributed by atoms with E-state index in [0.29, 0.717) is 25.3 Å². The van der Waals surface area contributed by atoms with E-state index in [1.165, 1.54) is 0 Å². The molecule has 4 nitrogen and oxygen atoms in total. The molecule has 0 aliphatic carbocycles. The summed E-state index contributed by atoms with van der Waals surface area (Å²) >= 11 is 0. The predicted molar refractivity (Wildman–Crippen MR) is 64.9 cm³/mol. The summed E-state index contributed by atoms with van der Waals surface area (Å²) in [6.45, 7) is 1.62. The third-order valence-corrected chi connectivity index (χ3v) is 2.53. The normalized spacial score (nSPS) is 10.9. The Hall–Kier alpha value is -1.65. The molecule has 0 fully saturated rings. The molecule has 2 aromatic rings. The van der Waals surface area contributed by atoms with Crippen LogP contribution in [-0.2, 0) is 16.1 Å². The Labute approximate surface area is 99.8 Å². The first-order valence-corrected chi connectivity index (χ1v) is 5.45. The maximum Gasteiger partial charge on any atom is 0.141 e. The lowest BCUT2D eigenvalue weighted by Gasteiger charge is -2.08. The molecule has 90 valence electrons. The second kappa shape index (κ2) is 5.61. The fourth-order valence-corrected chi connectivity index (χ4v) is 1.67. The summed E-state index contributed by atoms with van der Waals surface area (Å²) in [6, 6.07) is 7.27. The Kier molecular flexibility index (Phi) is 3.90. The summed E-state index contributed by atoms with van der Waals surface area (Å²) in [5, 5.41) is 10.6. The lowest BCUT2D eigenvalue weighted by molar-refractivity contribution is 0.0621. The van der Waals surface area contributed by atoms with Crippen LogP contribution in [0.1, 0.15) is 5.56 Å². The van der Waals surface area contributed by atoms with Crippen molar-refractivity contribution in [3.63, 3.8) is 0 Å². The topological polar surface area (TPSA) is 51.6 Å². The summed E-state index contributed by atoms with van der Waals surface area (Å²) in [5.74, 6) is 0.196. The number of nitrogens with zero attached hydrogens (tertiary/aromatic N) is 1. The maximum absolute atomic E-state index is 9.68. The second-order valence-electron chi connectivity index (χ2n) is 3.69. The summed E-state index contributed by atoms with van der Waals surface area (Å²) in [5.41, 5.74) is 1.63. The van der Waals surface area contributed by atoms with Gasteiger partial charge in [-0.2, -0.15) is 0 Å². The van der Waals surface area contributed by atoms with Crippen LogP contribution in [0.5, 0.6) is 5.75 Å². The number of benzene rings is 1. The molecule has 2 rings (SSSR count). The molecule has 1 aromatic heterocycles. The molecule has 0 unspecified atom stereocenters. The van der Waals surface area contributed by atoms with Crippen molar-refractivity contribution in [2.75, 3.05) is 20.3 Å². The van der Waals surface area contributed by atoms with Crippen LogP contribution < -0.4 is 0 Å². The van der Waals surface area contributed by atoms with Gasteiger partial charge in [0.1, 0.15) is 11.3 Å². The van der Waals surface area contributed by atoms with Gasteiger partial charge in [0.25, 0.3) is 0 Å². The molecule has 1 heterocycles. The lowest BCUT2D eigenvalue weighted by Crippen LogP contribution is -2.02. The first-order chi connectivity index (χ1) is 8.33. The zero-order valence-electron chi connectivity index (χ0n) is 9.72. The number of methoxy groups -OCH3 is 1. The molecule has 4 heteroatoms. The van der Waals surface area contributed by atoms with Gasteiger partial charge in [-0.05, 0) is 17.7 Å². The molecule has 0 saturated carbocycles. The highest BCUT2D eigenvalue weighted by Gasteiger charge is 2.05. The van der Waals surface area contributed by atoms with E-state index < -0.39 is 0 Å². The van der Waals surface area contributed by atoms with Gasteiger partial charge < -0.3 is 14.6 Å². The number of hydrogen-bond donors (Lipinski definition) is 1. The van der Waals surface area contributed by atoms with Crippen LogP contribution in [0.25, 0.3) is 10.9 Å². The molecule has 17 heavy (non-hydrogen) atoms. The summed E-state index contributed by atoms with van der Waals surface area (Å²) in [7, 11) is 1.64. The van der Waals surface area contributed by atoms with Crippen LogP contribution in [-0.4, -0.2) is 30.4 Å². The maximum atomic E-state index is 9.68. The van der Waals surface area contributed by atoms with Gasteiger partial charge in [0.2, 0.25) is 0 Å². The van der Waals surface area contributed by atoms with Crippen LogP contribution in [0.15, 0.2) is 30.5 Å². The number of rotatable bonds is 5. The molecule has 0 bridgehead atoms. The average Bonchev–Trinajstić information content (AvgIpc) is 2.37. The smallest absolute Gasteiger partial charge is 0.141 e. The monoisotopic (exact) mass is 233 g/mol. The van der Waals surface area contributed by atoms with E-state index in [0.717, 1.165) is 10.9 Å².